The number of benzene rings is 3. The van der Waals surface area contributed by atoms with Crippen molar-refractivity contribution >= 4 is 34.4 Å². The molecular weight excluding hydrogens is 642 g/mol. The maximum Gasteiger partial charge on any atom is 0.229 e. The molecule has 3 aromatic rings. The lowest BCUT2D eigenvalue weighted by atomic mass is 9.84. The number of carbonyl (C=O) groups is 1. The van der Waals surface area contributed by atoms with Crippen LogP contribution in [0.5, 0.6) is 0 Å². The summed E-state index contributed by atoms with van der Waals surface area (Å²) in [4.78, 5) is 21.3. The number of hydrogen-bond acceptors (Lipinski definition) is 3. The van der Waals surface area contributed by atoms with Gasteiger partial charge in [0, 0.05) is 46.2 Å². The average Bonchev–Trinajstić information content (AvgIpc) is 3.60. The first-order valence-electron chi connectivity index (χ1n) is 18.9. The second kappa shape index (κ2) is 15.0. The smallest absolute Gasteiger partial charge is 0.229 e. The quantitative estimate of drug-likeness (QED) is 0.269. The van der Waals surface area contributed by atoms with Crippen LogP contribution in [0.4, 0.5) is 21.5 Å². The number of nitrogens with zero attached hydrogens (tertiary/aromatic N) is 2. The predicted octanol–water partition coefficient (Wildman–Crippen LogP) is 13.4. The van der Waals surface area contributed by atoms with Crippen molar-refractivity contribution in [2.45, 2.75) is 154 Å². The molecule has 0 fully saturated rings. The van der Waals surface area contributed by atoms with E-state index in [1.807, 2.05) is 59.7 Å². The third-order valence-corrected chi connectivity index (χ3v) is 9.58. The summed E-state index contributed by atoms with van der Waals surface area (Å²) < 4.78 is 14.1. The van der Waals surface area contributed by atoms with Gasteiger partial charge in [0.25, 0.3) is 0 Å². The number of anilines is 1. The molecule has 0 saturated carbocycles. The van der Waals surface area contributed by atoms with E-state index in [9.17, 15) is 9.18 Å². The minimum atomic E-state index is -0.358. The predicted molar refractivity (Wildman–Crippen MR) is 224 cm³/mol. The van der Waals surface area contributed by atoms with Crippen molar-refractivity contribution in [3.05, 3.63) is 88.2 Å². The third kappa shape index (κ3) is 11.4. The lowest BCUT2D eigenvalue weighted by Gasteiger charge is -2.20. The molecule has 0 atom stereocenters. The summed E-state index contributed by atoms with van der Waals surface area (Å²) >= 11 is 0. The van der Waals surface area contributed by atoms with Crippen molar-refractivity contribution in [3.8, 4) is 0 Å². The molecule has 0 unspecified atom stereocenters. The lowest BCUT2D eigenvalue weighted by molar-refractivity contribution is -0.123. The SMILES string of the molecule is CC(C)(C)C(=O)Nc1ccc(C(C)(C)C)cc1.CC(C)(C)C1=Nc2cc(C(C)(C)C)c(F)cc2C1.CC(C)(C)C1=Nc2cc(C(C)(C)C)ccc2C1. The lowest BCUT2D eigenvalue weighted by Crippen LogP contribution is -2.27. The van der Waals surface area contributed by atoms with Gasteiger partial charge in [0.1, 0.15) is 5.82 Å². The van der Waals surface area contributed by atoms with E-state index in [4.69, 9.17) is 4.99 Å². The summed E-state index contributed by atoms with van der Waals surface area (Å²) in [7, 11) is 0. The maximum atomic E-state index is 14.1. The Kier molecular flexibility index (Phi) is 12.4. The van der Waals surface area contributed by atoms with E-state index < -0.39 is 0 Å². The largest absolute Gasteiger partial charge is 0.326 e. The van der Waals surface area contributed by atoms with Gasteiger partial charge in [-0.25, -0.2) is 4.39 Å². The van der Waals surface area contributed by atoms with Crippen LogP contribution in [0.15, 0.2) is 64.6 Å². The van der Waals surface area contributed by atoms with Gasteiger partial charge in [-0.3, -0.25) is 14.8 Å². The molecule has 2 aliphatic heterocycles. The average molecular weight is 710 g/mol. The molecule has 2 aliphatic rings. The van der Waals surface area contributed by atoms with Gasteiger partial charge >= 0.3 is 0 Å². The van der Waals surface area contributed by atoms with Crippen LogP contribution in [0.2, 0.25) is 0 Å². The summed E-state index contributed by atoms with van der Waals surface area (Å²) in [5.74, 6) is -0.0624. The highest BCUT2D eigenvalue weighted by Crippen LogP contribution is 2.38. The van der Waals surface area contributed by atoms with Gasteiger partial charge in [0.05, 0.1) is 11.4 Å². The Morgan fingerprint density at radius 3 is 1.40 bits per heavy atom. The topological polar surface area (TPSA) is 53.8 Å². The van der Waals surface area contributed by atoms with E-state index in [-0.39, 0.29) is 44.2 Å². The highest BCUT2D eigenvalue weighted by Gasteiger charge is 2.29. The second-order valence-electron chi connectivity index (χ2n) is 20.8. The van der Waals surface area contributed by atoms with Crippen molar-refractivity contribution in [2.75, 3.05) is 5.32 Å². The number of amides is 1. The Hall–Kier alpha value is -3.60. The van der Waals surface area contributed by atoms with E-state index in [0.29, 0.717) is 0 Å². The molecule has 1 N–H and O–H groups in total. The highest BCUT2D eigenvalue weighted by atomic mass is 19.1. The third-order valence-electron chi connectivity index (χ3n) is 9.58. The van der Waals surface area contributed by atoms with Gasteiger partial charge < -0.3 is 5.32 Å². The summed E-state index contributed by atoms with van der Waals surface area (Å²) in [6.45, 7) is 38.3. The molecule has 2 heterocycles. The Labute approximate surface area is 316 Å². The van der Waals surface area contributed by atoms with E-state index >= 15 is 0 Å². The van der Waals surface area contributed by atoms with Crippen LogP contribution in [0.3, 0.4) is 0 Å². The molecule has 5 heteroatoms. The van der Waals surface area contributed by atoms with Crippen LogP contribution in [-0.2, 0) is 33.9 Å². The molecule has 0 aromatic heterocycles. The number of hydrogen-bond donors (Lipinski definition) is 1. The first-order chi connectivity index (χ1) is 23.4. The number of fused-ring (bicyclic) bond motifs is 2. The van der Waals surface area contributed by atoms with Crippen molar-refractivity contribution < 1.29 is 9.18 Å². The van der Waals surface area contributed by atoms with Crippen LogP contribution >= 0.6 is 0 Å². The minimum Gasteiger partial charge on any atom is -0.326 e. The van der Waals surface area contributed by atoms with Crippen LogP contribution in [0.25, 0.3) is 0 Å². The molecule has 1 amide bonds. The van der Waals surface area contributed by atoms with Crippen molar-refractivity contribution in [3.63, 3.8) is 0 Å². The maximum absolute atomic E-state index is 14.1. The summed E-state index contributed by atoms with van der Waals surface area (Å²) in [5.41, 5.74) is 11.3. The monoisotopic (exact) mass is 710 g/mol. The minimum absolute atomic E-state index is 0.0426. The molecule has 0 bridgehead atoms. The van der Waals surface area contributed by atoms with Crippen LogP contribution in [0, 0.1) is 22.1 Å². The Morgan fingerprint density at radius 1 is 0.538 bits per heavy atom. The Balaban J connectivity index is 0.000000210. The molecule has 3 aromatic carbocycles. The molecule has 5 rings (SSSR count). The van der Waals surface area contributed by atoms with Gasteiger partial charge in [-0.2, -0.15) is 0 Å². The summed E-state index contributed by atoms with van der Waals surface area (Å²) in [6.07, 6.45) is 1.80. The van der Waals surface area contributed by atoms with Crippen molar-refractivity contribution in [1.29, 1.82) is 0 Å². The number of nitrogens with one attached hydrogen (secondary N) is 1. The zero-order valence-corrected chi connectivity index (χ0v) is 35.8. The first kappa shape index (κ1) is 42.8. The van der Waals surface area contributed by atoms with Gasteiger partial charge in [-0.1, -0.05) is 149 Å². The van der Waals surface area contributed by atoms with Crippen LogP contribution in [0.1, 0.15) is 152 Å². The molecule has 284 valence electrons. The molecule has 0 aliphatic carbocycles. The highest BCUT2D eigenvalue weighted by molar-refractivity contribution is 5.98. The Morgan fingerprint density at radius 2 is 0.981 bits per heavy atom. The molecule has 0 radical (unpaired) electrons. The molecule has 0 spiro atoms. The van der Waals surface area contributed by atoms with Crippen molar-refractivity contribution in [2.24, 2.45) is 26.2 Å². The van der Waals surface area contributed by atoms with Gasteiger partial charge in [-0.05, 0) is 74.4 Å². The number of rotatable bonds is 1. The van der Waals surface area contributed by atoms with Gasteiger partial charge in [0.2, 0.25) is 5.91 Å². The van der Waals surface area contributed by atoms with Gasteiger partial charge in [-0.15, -0.1) is 0 Å². The van der Waals surface area contributed by atoms with E-state index in [1.54, 1.807) is 6.07 Å². The van der Waals surface area contributed by atoms with E-state index in [1.165, 1.54) is 28.1 Å². The standard InChI is InChI=1S/C16H22FN.C16H23N.C15H23NO/c1-15(2,3)11-9-13-10(7-12(11)17)8-14(18-13)16(4,5)6;1-15(2,3)12-8-7-11-9-14(16(4,5)6)17-13(11)10-12;1-14(2,3)11-7-9-12(10-8-11)16-13(17)15(4,5)6/h7,9H,8H2,1-6H3;7-8,10H,9H2,1-6H3;7-10H,1-6H3,(H,16,17). The number of halogens is 1. The summed E-state index contributed by atoms with van der Waals surface area (Å²) in [6, 6.07) is 18.4. The van der Waals surface area contributed by atoms with Crippen LogP contribution < -0.4 is 5.32 Å². The summed E-state index contributed by atoms with van der Waals surface area (Å²) in [5, 5.41) is 2.92. The molecule has 52 heavy (non-hydrogen) atoms. The number of aliphatic imine (C=N–C) groups is 2. The molecular formula is C47H68FN3O. The second-order valence-corrected chi connectivity index (χ2v) is 20.8. The fraction of sp³-hybridized carbons (Fsp3) is 0.553. The zero-order chi connectivity index (χ0) is 39.8. The molecule has 4 nitrogen and oxygen atoms in total. The number of carbonyl (C=O) groups excluding carboxylic acids is 1. The van der Waals surface area contributed by atoms with E-state index in [2.05, 4.69) is 124 Å². The first-order valence-corrected chi connectivity index (χ1v) is 18.9. The van der Waals surface area contributed by atoms with Crippen molar-refractivity contribution in [1.82, 2.24) is 0 Å². The molecule has 0 saturated heterocycles. The van der Waals surface area contributed by atoms with Crippen LogP contribution in [-0.4, -0.2) is 17.3 Å². The van der Waals surface area contributed by atoms with Gasteiger partial charge in [0.15, 0.2) is 0 Å². The Bertz CT molecular complexity index is 1800. The fourth-order valence-electron chi connectivity index (χ4n) is 5.68. The fourth-order valence-corrected chi connectivity index (χ4v) is 5.68. The zero-order valence-electron chi connectivity index (χ0n) is 35.8. The normalized spacial score (nSPS) is 14.6. The van der Waals surface area contributed by atoms with E-state index in [0.717, 1.165) is 41.1 Å².